The number of amides is 4. The van der Waals surface area contributed by atoms with Crippen molar-refractivity contribution in [1.82, 2.24) is 15.2 Å². The van der Waals surface area contributed by atoms with Gasteiger partial charge < -0.3 is 20.4 Å². The Labute approximate surface area is 183 Å². The highest BCUT2D eigenvalue weighted by molar-refractivity contribution is 6.31. The van der Waals surface area contributed by atoms with E-state index in [2.05, 4.69) is 15.6 Å². The third-order valence-electron chi connectivity index (χ3n) is 5.34. The Balaban J connectivity index is 1.49. The molecule has 160 valence electrons. The molecule has 0 radical (unpaired) electrons. The highest BCUT2D eigenvalue weighted by Crippen LogP contribution is 2.28. The van der Waals surface area contributed by atoms with Crippen molar-refractivity contribution >= 4 is 46.0 Å². The number of para-hydroxylation sites is 1. The molecule has 2 atom stereocenters. The van der Waals surface area contributed by atoms with Crippen LogP contribution < -0.4 is 15.4 Å². The van der Waals surface area contributed by atoms with Gasteiger partial charge in [-0.3, -0.25) is 14.5 Å². The number of imide groups is 1. The zero-order chi connectivity index (χ0) is 22.1. The first-order valence-corrected chi connectivity index (χ1v) is 10.1. The molecule has 2 heterocycles. The van der Waals surface area contributed by atoms with Crippen LogP contribution >= 0.6 is 11.6 Å². The van der Waals surface area contributed by atoms with Crippen LogP contribution in [0.2, 0.25) is 5.02 Å². The maximum atomic E-state index is 13.0. The van der Waals surface area contributed by atoms with E-state index in [4.69, 9.17) is 16.3 Å². The number of rotatable bonds is 6. The van der Waals surface area contributed by atoms with Gasteiger partial charge in [-0.05, 0) is 36.8 Å². The molecule has 2 unspecified atom stereocenters. The highest BCUT2D eigenvalue weighted by atomic mass is 35.5. The molecule has 0 aliphatic carbocycles. The molecule has 1 aliphatic heterocycles. The molecule has 0 saturated carbocycles. The molecule has 1 fully saturated rings. The van der Waals surface area contributed by atoms with E-state index in [0.29, 0.717) is 22.9 Å². The van der Waals surface area contributed by atoms with Crippen LogP contribution in [0.25, 0.3) is 10.9 Å². The number of hydrogen-bond donors (Lipinski definition) is 3. The van der Waals surface area contributed by atoms with Crippen molar-refractivity contribution < 1.29 is 19.1 Å². The lowest BCUT2D eigenvalue weighted by atomic mass is 10.0. The van der Waals surface area contributed by atoms with Crippen LogP contribution in [0.1, 0.15) is 12.5 Å². The van der Waals surface area contributed by atoms with Gasteiger partial charge in [0.2, 0.25) is 5.91 Å². The van der Waals surface area contributed by atoms with Crippen LogP contribution in [-0.4, -0.2) is 46.9 Å². The molecule has 1 aromatic heterocycles. The summed E-state index contributed by atoms with van der Waals surface area (Å²) in [6.07, 6.45) is 2.15. The smallest absolute Gasteiger partial charge is 0.325 e. The fourth-order valence-electron chi connectivity index (χ4n) is 3.71. The number of hydrogen-bond acceptors (Lipinski definition) is 4. The first kappa shape index (κ1) is 20.7. The fourth-order valence-corrected chi connectivity index (χ4v) is 3.88. The zero-order valence-electron chi connectivity index (χ0n) is 16.9. The van der Waals surface area contributed by atoms with E-state index in [9.17, 15) is 14.4 Å². The van der Waals surface area contributed by atoms with Crippen molar-refractivity contribution in [3.05, 3.63) is 59.2 Å². The van der Waals surface area contributed by atoms with Gasteiger partial charge in [-0.25, -0.2) is 4.79 Å². The number of methoxy groups -OCH3 is 1. The molecule has 0 spiro atoms. The summed E-state index contributed by atoms with van der Waals surface area (Å²) in [5.74, 6) is -0.563. The Kier molecular flexibility index (Phi) is 5.56. The number of halogens is 1. The number of aromatic amines is 1. The second-order valence-corrected chi connectivity index (χ2v) is 7.72. The van der Waals surface area contributed by atoms with E-state index >= 15 is 0 Å². The lowest BCUT2D eigenvalue weighted by Gasteiger charge is -2.21. The van der Waals surface area contributed by atoms with Gasteiger partial charge in [0.05, 0.1) is 12.8 Å². The van der Waals surface area contributed by atoms with Crippen molar-refractivity contribution in [3.63, 3.8) is 0 Å². The van der Waals surface area contributed by atoms with Crippen molar-refractivity contribution in [2.45, 2.75) is 25.4 Å². The predicted octanol–water partition coefficient (Wildman–Crippen LogP) is 3.32. The van der Waals surface area contributed by atoms with Crippen molar-refractivity contribution in [1.29, 1.82) is 0 Å². The SMILES string of the molecule is COc1ccc(Cl)cc1NC(=O)C(C)N1C(=O)NC(Cc2c[nH]c3ccccc23)C1=O. The third-order valence-corrected chi connectivity index (χ3v) is 5.57. The number of aromatic nitrogens is 1. The quantitative estimate of drug-likeness (QED) is 0.511. The Bertz CT molecular complexity index is 1180. The summed E-state index contributed by atoms with van der Waals surface area (Å²) in [5.41, 5.74) is 2.22. The summed E-state index contributed by atoms with van der Waals surface area (Å²) in [7, 11) is 1.47. The predicted molar refractivity (Wildman–Crippen MR) is 117 cm³/mol. The maximum absolute atomic E-state index is 13.0. The third kappa shape index (κ3) is 3.94. The topological polar surface area (TPSA) is 104 Å². The molecule has 3 aromatic rings. The van der Waals surface area contributed by atoms with Gasteiger partial charge in [-0.2, -0.15) is 0 Å². The minimum Gasteiger partial charge on any atom is -0.495 e. The Morgan fingerprint density at radius 2 is 2.03 bits per heavy atom. The molecule has 3 N–H and O–H groups in total. The molecule has 9 heteroatoms. The first-order valence-electron chi connectivity index (χ1n) is 9.72. The number of anilines is 1. The summed E-state index contributed by atoms with van der Waals surface area (Å²) in [5, 5.41) is 6.77. The second kappa shape index (κ2) is 8.31. The molecule has 1 saturated heterocycles. The number of nitrogens with one attached hydrogen (secondary N) is 3. The van der Waals surface area contributed by atoms with Gasteiger partial charge in [0.1, 0.15) is 17.8 Å². The van der Waals surface area contributed by atoms with E-state index in [0.717, 1.165) is 21.4 Å². The van der Waals surface area contributed by atoms with Crippen LogP contribution in [0.15, 0.2) is 48.7 Å². The maximum Gasteiger partial charge on any atom is 0.325 e. The lowest BCUT2D eigenvalue weighted by Crippen LogP contribution is -2.46. The Morgan fingerprint density at radius 1 is 1.26 bits per heavy atom. The van der Waals surface area contributed by atoms with E-state index < -0.39 is 29.9 Å². The molecule has 8 nitrogen and oxygen atoms in total. The van der Waals surface area contributed by atoms with Crippen LogP contribution in [0.5, 0.6) is 5.75 Å². The monoisotopic (exact) mass is 440 g/mol. The zero-order valence-corrected chi connectivity index (χ0v) is 17.7. The van der Waals surface area contributed by atoms with Gasteiger partial charge in [-0.1, -0.05) is 29.8 Å². The average Bonchev–Trinajstić information content (AvgIpc) is 3.28. The number of benzene rings is 2. The minimum absolute atomic E-state index is 0.321. The Hall–Kier alpha value is -3.52. The van der Waals surface area contributed by atoms with Crippen LogP contribution in [0, 0.1) is 0 Å². The van der Waals surface area contributed by atoms with Crippen molar-refractivity contribution in [2.24, 2.45) is 0 Å². The van der Waals surface area contributed by atoms with Crippen LogP contribution in [-0.2, 0) is 16.0 Å². The van der Waals surface area contributed by atoms with Gasteiger partial charge in [0.15, 0.2) is 0 Å². The molecule has 2 aromatic carbocycles. The van der Waals surface area contributed by atoms with E-state index in [-0.39, 0.29) is 0 Å². The van der Waals surface area contributed by atoms with E-state index in [1.54, 1.807) is 12.1 Å². The van der Waals surface area contributed by atoms with Gasteiger partial charge in [0.25, 0.3) is 5.91 Å². The number of urea groups is 1. The van der Waals surface area contributed by atoms with Crippen LogP contribution in [0.3, 0.4) is 0 Å². The van der Waals surface area contributed by atoms with E-state index in [1.165, 1.54) is 20.1 Å². The van der Waals surface area contributed by atoms with Gasteiger partial charge in [-0.15, -0.1) is 0 Å². The molecule has 31 heavy (non-hydrogen) atoms. The summed E-state index contributed by atoms with van der Waals surface area (Å²) < 4.78 is 5.22. The van der Waals surface area contributed by atoms with Crippen LogP contribution in [0.4, 0.5) is 10.5 Å². The molecular formula is C22H21ClN4O4. The average molecular weight is 441 g/mol. The minimum atomic E-state index is -1.02. The number of H-pyrrole nitrogens is 1. The fraction of sp³-hybridized carbons (Fsp3) is 0.227. The van der Waals surface area contributed by atoms with Gasteiger partial charge in [0, 0.05) is 28.5 Å². The number of carbonyl (C=O) groups is 3. The first-order chi connectivity index (χ1) is 14.9. The molecule has 1 aliphatic rings. The normalized spacial score (nSPS) is 17.0. The number of fused-ring (bicyclic) bond motifs is 1. The number of nitrogens with zero attached hydrogens (tertiary/aromatic N) is 1. The molecule has 4 rings (SSSR count). The largest absolute Gasteiger partial charge is 0.495 e. The standard InChI is InChI=1S/C22H21ClN4O4/c1-12(20(28)25-17-10-14(23)7-8-19(17)31-2)27-21(29)18(26-22(27)30)9-13-11-24-16-6-4-3-5-15(13)16/h3-8,10-12,18,24H,9H2,1-2H3,(H,25,28)(H,26,30). The summed E-state index contributed by atoms with van der Waals surface area (Å²) in [6, 6.07) is 10.1. The second-order valence-electron chi connectivity index (χ2n) is 7.28. The number of carbonyl (C=O) groups excluding carboxylic acids is 3. The van der Waals surface area contributed by atoms with Crippen molar-refractivity contribution in [2.75, 3.05) is 12.4 Å². The highest BCUT2D eigenvalue weighted by Gasteiger charge is 2.43. The van der Waals surface area contributed by atoms with E-state index in [1.807, 2.05) is 30.5 Å². The van der Waals surface area contributed by atoms with Crippen molar-refractivity contribution in [3.8, 4) is 5.75 Å². The Morgan fingerprint density at radius 3 is 2.81 bits per heavy atom. The summed E-state index contributed by atoms with van der Waals surface area (Å²) in [6.45, 7) is 1.50. The number of ether oxygens (including phenoxy) is 1. The summed E-state index contributed by atoms with van der Waals surface area (Å²) in [4.78, 5) is 42.4. The lowest BCUT2D eigenvalue weighted by molar-refractivity contribution is -0.133. The molecule has 4 amide bonds. The van der Waals surface area contributed by atoms with Gasteiger partial charge >= 0.3 is 6.03 Å². The molecule has 0 bridgehead atoms. The molecular weight excluding hydrogens is 420 g/mol. The summed E-state index contributed by atoms with van der Waals surface area (Å²) >= 11 is 6.00.